The molecule has 0 bridgehead atoms. The molecule has 5 nitrogen and oxygen atoms in total. The Morgan fingerprint density at radius 3 is 2.52 bits per heavy atom. The van der Waals surface area contributed by atoms with E-state index < -0.39 is 0 Å². The van der Waals surface area contributed by atoms with E-state index in [0.717, 1.165) is 10.8 Å². The molecule has 0 aliphatic rings. The number of hydrogen-bond donors (Lipinski definition) is 2. The number of methoxy groups -OCH3 is 1. The van der Waals surface area contributed by atoms with Gasteiger partial charge in [-0.3, -0.25) is 9.59 Å². The zero-order valence-electron chi connectivity index (χ0n) is 11.8. The molecule has 0 spiro atoms. The Morgan fingerprint density at radius 2 is 1.86 bits per heavy atom. The molecule has 110 valence electrons. The first-order valence-electron chi connectivity index (χ1n) is 6.68. The van der Waals surface area contributed by atoms with Gasteiger partial charge in [-0.15, -0.1) is 0 Å². The normalized spacial score (nSPS) is 10.3. The molecule has 21 heavy (non-hydrogen) atoms. The van der Waals surface area contributed by atoms with E-state index >= 15 is 0 Å². The monoisotopic (exact) mass is 287 g/mol. The Hall–Kier alpha value is -2.56. The van der Waals surface area contributed by atoms with Crippen LogP contribution in [-0.4, -0.2) is 30.6 Å². The van der Waals surface area contributed by atoms with Crippen molar-refractivity contribution in [2.24, 2.45) is 0 Å². The highest BCUT2D eigenvalue weighted by Gasteiger charge is 2.12. The predicted molar refractivity (Wildman–Crippen MR) is 79.2 cm³/mol. The first-order valence-corrected chi connectivity index (χ1v) is 6.68. The maximum Gasteiger partial charge on any atom is 0.305 e. The van der Waals surface area contributed by atoms with E-state index in [-0.39, 0.29) is 29.6 Å². The number of phenolic OH excluding ortho intramolecular Hbond substituents is 1. The van der Waals surface area contributed by atoms with Gasteiger partial charge in [0.2, 0.25) is 0 Å². The molecule has 0 fully saturated rings. The van der Waals surface area contributed by atoms with Crippen molar-refractivity contribution in [3.63, 3.8) is 0 Å². The topological polar surface area (TPSA) is 75.6 Å². The largest absolute Gasteiger partial charge is 0.507 e. The van der Waals surface area contributed by atoms with Crippen LogP contribution in [0.15, 0.2) is 36.4 Å². The number of phenols is 1. The molecule has 2 N–H and O–H groups in total. The van der Waals surface area contributed by atoms with Crippen molar-refractivity contribution in [1.82, 2.24) is 5.32 Å². The minimum atomic E-state index is -0.358. The number of nitrogens with one attached hydrogen (secondary N) is 1. The number of esters is 1. The second kappa shape index (κ2) is 6.74. The molecule has 0 aromatic heterocycles. The van der Waals surface area contributed by atoms with Gasteiger partial charge in [-0.05, 0) is 29.3 Å². The van der Waals surface area contributed by atoms with Gasteiger partial charge in [0.25, 0.3) is 5.91 Å². The first kappa shape index (κ1) is 14.8. The van der Waals surface area contributed by atoms with Crippen molar-refractivity contribution in [1.29, 1.82) is 0 Å². The average molecular weight is 287 g/mol. The third-order valence-electron chi connectivity index (χ3n) is 3.18. The fourth-order valence-corrected chi connectivity index (χ4v) is 2.04. The Balaban J connectivity index is 2.02. The second-order valence-corrected chi connectivity index (χ2v) is 4.65. The lowest BCUT2D eigenvalue weighted by Crippen LogP contribution is -2.25. The lowest BCUT2D eigenvalue weighted by atomic mass is 10.1. The lowest BCUT2D eigenvalue weighted by molar-refractivity contribution is -0.140. The van der Waals surface area contributed by atoms with E-state index in [0.29, 0.717) is 13.0 Å². The van der Waals surface area contributed by atoms with Gasteiger partial charge in [0, 0.05) is 13.0 Å². The molecule has 2 aromatic carbocycles. The van der Waals surface area contributed by atoms with Crippen LogP contribution in [0.25, 0.3) is 10.8 Å². The molecule has 0 unspecified atom stereocenters. The van der Waals surface area contributed by atoms with Crippen molar-refractivity contribution in [3.8, 4) is 5.75 Å². The molecule has 5 heteroatoms. The molecule has 0 atom stereocenters. The van der Waals surface area contributed by atoms with Crippen LogP contribution in [0.1, 0.15) is 23.2 Å². The summed E-state index contributed by atoms with van der Waals surface area (Å²) in [5, 5.41) is 14.4. The number of rotatable bonds is 5. The van der Waals surface area contributed by atoms with Gasteiger partial charge in [0.05, 0.1) is 12.7 Å². The molecule has 0 saturated carbocycles. The van der Waals surface area contributed by atoms with Crippen LogP contribution in [0.3, 0.4) is 0 Å². The summed E-state index contributed by atoms with van der Waals surface area (Å²) in [6, 6.07) is 10.7. The molecule has 2 aromatic rings. The highest BCUT2D eigenvalue weighted by molar-refractivity contribution is 6.01. The summed E-state index contributed by atoms with van der Waals surface area (Å²) >= 11 is 0. The molecule has 0 heterocycles. The Morgan fingerprint density at radius 1 is 1.19 bits per heavy atom. The smallest absolute Gasteiger partial charge is 0.305 e. The molecule has 0 saturated heterocycles. The third kappa shape index (κ3) is 3.72. The molecule has 0 aliphatic carbocycles. The predicted octanol–water partition coefficient (Wildman–Crippen LogP) is 2.23. The van der Waals surface area contributed by atoms with Crippen LogP contribution in [0, 0.1) is 0 Å². The van der Waals surface area contributed by atoms with Gasteiger partial charge < -0.3 is 15.2 Å². The Bertz CT molecular complexity index is 666. The lowest BCUT2D eigenvalue weighted by Gasteiger charge is -2.08. The van der Waals surface area contributed by atoms with Gasteiger partial charge in [0.15, 0.2) is 0 Å². The number of carbonyl (C=O) groups excluding carboxylic acids is 2. The van der Waals surface area contributed by atoms with Crippen LogP contribution in [0.4, 0.5) is 0 Å². The summed E-state index contributed by atoms with van der Waals surface area (Å²) in [5.41, 5.74) is 0.228. The third-order valence-corrected chi connectivity index (χ3v) is 3.18. The molecular formula is C16H17NO4. The van der Waals surface area contributed by atoms with Crippen LogP contribution in [0.5, 0.6) is 5.75 Å². The van der Waals surface area contributed by atoms with Gasteiger partial charge in [0.1, 0.15) is 5.75 Å². The number of ether oxygens (including phenoxy) is 1. The Kier molecular flexibility index (Phi) is 4.77. The highest BCUT2D eigenvalue weighted by atomic mass is 16.5. The maximum atomic E-state index is 12.0. The van der Waals surface area contributed by atoms with Crippen LogP contribution in [-0.2, 0) is 9.53 Å². The van der Waals surface area contributed by atoms with Crippen molar-refractivity contribution in [3.05, 3.63) is 42.0 Å². The zero-order valence-corrected chi connectivity index (χ0v) is 11.8. The van der Waals surface area contributed by atoms with Crippen LogP contribution < -0.4 is 5.32 Å². The summed E-state index contributed by atoms with van der Waals surface area (Å²) in [6.45, 7) is 0.347. The molecule has 1 amide bonds. The van der Waals surface area contributed by atoms with Crippen molar-refractivity contribution >= 4 is 22.6 Å². The van der Waals surface area contributed by atoms with E-state index in [1.165, 1.54) is 7.11 Å². The van der Waals surface area contributed by atoms with E-state index in [1.807, 2.05) is 24.3 Å². The molecular weight excluding hydrogens is 270 g/mol. The molecule has 0 radical (unpaired) electrons. The van der Waals surface area contributed by atoms with Crippen molar-refractivity contribution in [2.45, 2.75) is 12.8 Å². The van der Waals surface area contributed by atoms with Gasteiger partial charge in [-0.2, -0.15) is 0 Å². The summed E-state index contributed by atoms with van der Waals surface area (Å²) < 4.78 is 4.52. The van der Waals surface area contributed by atoms with Crippen LogP contribution >= 0.6 is 0 Å². The maximum absolute atomic E-state index is 12.0. The number of fused-ring (bicyclic) bond motifs is 1. The van der Waals surface area contributed by atoms with E-state index in [2.05, 4.69) is 10.1 Å². The summed E-state index contributed by atoms with van der Waals surface area (Å²) in [4.78, 5) is 23.0. The minimum Gasteiger partial charge on any atom is -0.507 e. The van der Waals surface area contributed by atoms with Crippen LogP contribution in [0.2, 0.25) is 0 Å². The zero-order chi connectivity index (χ0) is 15.2. The molecule has 2 rings (SSSR count). The summed E-state index contributed by atoms with van der Waals surface area (Å²) in [6.07, 6.45) is 0.743. The summed E-state index contributed by atoms with van der Waals surface area (Å²) in [5.74, 6) is -0.722. The van der Waals surface area contributed by atoms with Gasteiger partial charge >= 0.3 is 5.97 Å². The van der Waals surface area contributed by atoms with Gasteiger partial charge in [-0.25, -0.2) is 0 Å². The SMILES string of the molecule is COC(=O)CCCNC(=O)c1cc2ccccc2cc1O. The fraction of sp³-hybridized carbons (Fsp3) is 0.250. The minimum absolute atomic E-state index is 0.0563. The highest BCUT2D eigenvalue weighted by Crippen LogP contribution is 2.24. The van der Waals surface area contributed by atoms with E-state index in [1.54, 1.807) is 12.1 Å². The number of hydrogen-bond acceptors (Lipinski definition) is 4. The Labute approximate surface area is 122 Å². The van der Waals surface area contributed by atoms with E-state index in [4.69, 9.17) is 0 Å². The molecule has 0 aliphatic heterocycles. The number of benzene rings is 2. The summed E-state index contributed by atoms with van der Waals surface area (Å²) in [7, 11) is 1.33. The van der Waals surface area contributed by atoms with Gasteiger partial charge in [-0.1, -0.05) is 24.3 Å². The second-order valence-electron chi connectivity index (χ2n) is 4.65. The number of aromatic hydroxyl groups is 1. The van der Waals surface area contributed by atoms with Crippen molar-refractivity contribution in [2.75, 3.05) is 13.7 Å². The number of amides is 1. The van der Waals surface area contributed by atoms with E-state index in [9.17, 15) is 14.7 Å². The standard InChI is InChI=1S/C16H17NO4/c1-21-15(19)7-4-8-17-16(20)13-9-11-5-2-3-6-12(11)10-14(13)18/h2-3,5-6,9-10,18H,4,7-8H2,1H3,(H,17,20). The average Bonchev–Trinajstić information content (AvgIpc) is 2.50. The first-order chi connectivity index (χ1) is 10.1. The van der Waals surface area contributed by atoms with Crippen molar-refractivity contribution < 1.29 is 19.4 Å². The quantitative estimate of drug-likeness (QED) is 0.653. The number of carbonyl (C=O) groups is 2. The fourth-order valence-electron chi connectivity index (χ4n) is 2.04.